The molecule has 16 heavy (non-hydrogen) atoms. The molecule has 2 heterocycles. The zero-order valence-electron chi connectivity index (χ0n) is 9.25. The molecule has 0 aromatic carbocycles. The topological polar surface area (TPSA) is 68.6 Å². The summed E-state index contributed by atoms with van der Waals surface area (Å²) in [6.07, 6.45) is 6.56. The van der Waals surface area contributed by atoms with Gasteiger partial charge in [-0.25, -0.2) is 14.5 Å². The van der Waals surface area contributed by atoms with E-state index in [1.807, 2.05) is 26.1 Å². The Kier molecular flexibility index (Phi) is 2.68. The summed E-state index contributed by atoms with van der Waals surface area (Å²) in [7, 11) is 0. The molecule has 5 nitrogen and oxygen atoms in total. The number of hydrogen-bond acceptors (Lipinski definition) is 4. The third-order valence-electron chi connectivity index (χ3n) is 2.12. The Bertz CT molecular complexity index is 565. The van der Waals surface area contributed by atoms with Crippen molar-refractivity contribution in [2.24, 2.45) is 10.7 Å². The number of aryl methyl sites for hydroxylation is 2. The van der Waals surface area contributed by atoms with Crippen LogP contribution >= 0.6 is 0 Å². The van der Waals surface area contributed by atoms with E-state index in [9.17, 15) is 0 Å². The van der Waals surface area contributed by atoms with Gasteiger partial charge < -0.3 is 5.73 Å². The Morgan fingerprint density at radius 1 is 1.44 bits per heavy atom. The number of aromatic nitrogens is 3. The molecule has 0 unspecified atom stereocenters. The molecular formula is C11H13N5. The number of fused-ring (bicyclic) bond motifs is 1. The molecule has 2 N–H and O–H groups in total. The fourth-order valence-corrected chi connectivity index (χ4v) is 1.46. The minimum absolute atomic E-state index is 0.639. The van der Waals surface area contributed by atoms with Crippen LogP contribution in [-0.2, 0) is 0 Å². The van der Waals surface area contributed by atoms with E-state index in [1.165, 1.54) is 6.20 Å². The Morgan fingerprint density at radius 2 is 2.25 bits per heavy atom. The van der Waals surface area contributed by atoms with Crippen molar-refractivity contribution in [3.8, 4) is 0 Å². The van der Waals surface area contributed by atoms with Crippen LogP contribution in [0, 0.1) is 13.8 Å². The maximum absolute atomic E-state index is 5.21. The van der Waals surface area contributed by atoms with E-state index in [0.717, 1.165) is 16.9 Å². The zero-order chi connectivity index (χ0) is 11.5. The number of hydrogen-bond donors (Lipinski definition) is 1. The van der Waals surface area contributed by atoms with Gasteiger partial charge in [-0.05, 0) is 37.8 Å². The van der Waals surface area contributed by atoms with Crippen molar-refractivity contribution in [3.05, 3.63) is 35.8 Å². The van der Waals surface area contributed by atoms with Gasteiger partial charge in [0.15, 0.2) is 11.5 Å². The molecule has 0 aliphatic heterocycles. The van der Waals surface area contributed by atoms with Crippen LogP contribution in [0.1, 0.15) is 11.3 Å². The van der Waals surface area contributed by atoms with Gasteiger partial charge in [0.25, 0.3) is 0 Å². The van der Waals surface area contributed by atoms with Gasteiger partial charge in [-0.1, -0.05) is 0 Å². The second-order valence-electron chi connectivity index (χ2n) is 3.50. The van der Waals surface area contributed by atoms with E-state index in [-0.39, 0.29) is 0 Å². The van der Waals surface area contributed by atoms with Crippen molar-refractivity contribution < 1.29 is 0 Å². The second kappa shape index (κ2) is 4.14. The van der Waals surface area contributed by atoms with Crippen molar-refractivity contribution in [2.75, 3.05) is 0 Å². The van der Waals surface area contributed by atoms with Crippen LogP contribution in [0.2, 0.25) is 0 Å². The highest BCUT2D eigenvalue weighted by Gasteiger charge is 2.03. The van der Waals surface area contributed by atoms with Crippen molar-refractivity contribution >= 4 is 17.7 Å². The molecule has 2 aromatic heterocycles. The van der Waals surface area contributed by atoms with E-state index in [4.69, 9.17) is 5.73 Å². The summed E-state index contributed by atoms with van der Waals surface area (Å²) in [5.74, 6) is 0.639. The first kappa shape index (κ1) is 10.4. The van der Waals surface area contributed by atoms with Crippen molar-refractivity contribution in [3.63, 3.8) is 0 Å². The molecule has 2 rings (SSSR count). The summed E-state index contributed by atoms with van der Waals surface area (Å²) in [5, 5.41) is 4.31. The molecular weight excluding hydrogens is 202 g/mol. The maximum Gasteiger partial charge on any atom is 0.173 e. The van der Waals surface area contributed by atoms with Gasteiger partial charge in [0.05, 0.1) is 11.9 Å². The van der Waals surface area contributed by atoms with E-state index in [0.29, 0.717) is 5.82 Å². The number of rotatable bonds is 2. The molecule has 0 bridgehead atoms. The highest BCUT2D eigenvalue weighted by atomic mass is 15.3. The number of nitrogens with two attached hydrogens (primary N) is 1. The molecule has 0 fully saturated rings. The maximum atomic E-state index is 5.21. The normalized spacial score (nSPS) is 12.1. The molecule has 0 aliphatic carbocycles. The first-order valence-electron chi connectivity index (χ1n) is 4.95. The summed E-state index contributed by atoms with van der Waals surface area (Å²) in [4.78, 5) is 8.53. The summed E-state index contributed by atoms with van der Waals surface area (Å²) in [6.45, 7) is 3.93. The molecule has 0 saturated carbocycles. The number of imidazole rings is 1. The summed E-state index contributed by atoms with van der Waals surface area (Å²) in [5.41, 5.74) is 8.07. The summed E-state index contributed by atoms with van der Waals surface area (Å²) < 4.78 is 1.74. The van der Waals surface area contributed by atoms with Crippen LogP contribution < -0.4 is 5.73 Å². The summed E-state index contributed by atoms with van der Waals surface area (Å²) >= 11 is 0. The molecule has 0 saturated heterocycles. The first-order chi connectivity index (χ1) is 7.70. The smallest absolute Gasteiger partial charge is 0.173 e. The summed E-state index contributed by atoms with van der Waals surface area (Å²) in [6, 6.07) is 1.89. The van der Waals surface area contributed by atoms with E-state index >= 15 is 0 Å². The van der Waals surface area contributed by atoms with E-state index in [2.05, 4.69) is 15.1 Å². The van der Waals surface area contributed by atoms with Crippen LogP contribution in [0.15, 0.2) is 29.5 Å². The molecule has 82 valence electrons. The molecule has 0 spiro atoms. The van der Waals surface area contributed by atoms with Gasteiger partial charge in [-0.3, -0.25) is 0 Å². The molecule has 0 atom stereocenters. The quantitative estimate of drug-likeness (QED) is 0.772. The minimum Gasteiger partial charge on any atom is -0.405 e. The average molecular weight is 215 g/mol. The molecule has 2 aromatic rings. The lowest BCUT2D eigenvalue weighted by molar-refractivity contribution is 0.926. The number of allylic oxidation sites excluding steroid dienone is 1. The average Bonchev–Trinajstić information content (AvgIpc) is 2.60. The SMILES string of the molecule is Cc1cn2nc(N=C/C=C\N)cc(C)c2n1. The van der Waals surface area contributed by atoms with Gasteiger partial charge in [-0.2, -0.15) is 0 Å². The highest BCUT2D eigenvalue weighted by Crippen LogP contribution is 2.14. The predicted molar refractivity (Wildman–Crippen MR) is 63.9 cm³/mol. The van der Waals surface area contributed by atoms with Crippen molar-refractivity contribution in [1.29, 1.82) is 0 Å². The van der Waals surface area contributed by atoms with Crippen LogP contribution in [0.3, 0.4) is 0 Å². The molecule has 5 heteroatoms. The monoisotopic (exact) mass is 215 g/mol. The third-order valence-corrected chi connectivity index (χ3v) is 2.12. The van der Waals surface area contributed by atoms with Crippen molar-refractivity contribution in [2.45, 2.75) is 13.8 Å². The lowest BCUT2D eigenvalue weighted by Gasteiger charge is -1.98. The van der Waals surface area contributed by atoms with Crippen molar-refractivity contribution in [1.82, 2.24) is 14.6 Å². The van der Waals surface area contributed by atoms with Gasteiger partial charge >= 0.3 is 0 Å². The van der Waals surface area contributed by atoms with Crippen LogP contribution in [0.5, 0.6) is 0 Å². The largest absolute Gasteiger partial charge is 0.405 e. The zero-order valence-corrected chi connectivity index (χ0v) is 9.25. The molecule has 0 aliphatic rings. The Hall–Kier alpha value is -2.17. The molecule has 0 radical (unpaired) electrons. The Balaban J connectivity index is 2.48. The molecule has 0 amide bonds. The lowest BCUT2D eigenvalue weighted by Crippen LogP contribution is -1.92. The van der Waals surface area contributed by atoms with E-state index in [1.54, 1.807) is 16.8 Å². The standard InChI is InChI=1S/C11H13N5/c1-8-6-10(13-5-3-4-12)15-16-7-9(2)14-11(8)16/h3-7H,12H2,1-2H3/b4-3-,13-5?. The van der Waals surface area contributed by atoms with Gasteiger partial charge in [0.2, 0.25) is 0 Å². The van der Waals surface area contributed by atoms with E-state index < -0.39 is 0 Å². The fourth-order valence-electron chi connectivity index (χ4n) is 1.46. The van der Waals surface area contributed by atoms with Crippen LogP contribution in [0.25, 0.3) is 5.65 Å². The Labute approximate surface area is 93.3 Å². The van der Waals surface area contributed by atoms with Gasteiger partial charge in [0.1, 0.15) is 0 Å². The second-order valence-corrected chi connectivity index (χ2v) is 3.50. The Morgan fingerprint density at radius 3 is 3.00 bits per heavy atom. The lowest BCUT2D eigenvalue weighted by atomic mass is 10.3. The van der Waals surface area contributed by atoms with Gasteiger partial charge in [0, 0.05) is 6.21 Å². The van der Waals surface area contributed by atoms with Crippen LogP contribution in [0.4, 0.5) is 5.82 Å². The highest BCUT2D eigenvalue weighted by molar-refractivity contribution is 5.73. The predicted octanol–water partition coefficient (Wildman–Crippen LogP) is 1.52. The van der Waals surface area contributed by atoms with Gasteiger partial charge in [-0.15, -0.1) is 5.10 Å². The minimum atomic E-state index is 0.639. The number of aliphatic imine (C=N–C) groups is 1. The third kappa shape index (κ3) is 1.93. The van der Waals surface area contributed by atoms with Crippen LogP contribution in [-0.4, -0.2) is 20.8 Å². The first-order valence-corrected chi connectivity index (χ1v) is 4.95. The fraction of sp³-hybridized carbons (Fsp3) is 0.182. The number of nitrogens with zero attached hydrogens (tertiary/aromatic N) is 4.